The van der Waals surface area contributed by atoms with Gasteiger partial charge in [-0.1, -0.05) is 18.2 Å². The Kier molecular flexibility index (Phi) is 4.60. The zero-order valence-electron chi connectivity index (χ0n) is 12.6. The third kappa shape index (κ3) is 3.74. The molecule has 3 aromatic rings. The molecule has 0 saturated heterocycles. The Morgan fingerprint density at radius 1 is 0.920 bits per heavy atom. The van der Waals surface area contributed by atoms with Crippen molar-refractivity contribution in [2.75, 3.05) is 10.6 Å². The van der Waals surface area contributed by atoms with Crippen LogP contribution in [0.4, 0.5) is 30.4 Å². The van der Waals surface area contributed by atoms with Crippen LogP contribution >= 0.6 is 0 Å². The van der Waals surface area contributed by atoms with Crippen molar-refractivity contribution in [2.24, 2.45) is 0 Å². The van der Waals surface area contributed by atoms with Gasteiger partial charge in [-0.15, -0.1) is 0 Å². The first-order valence-corrected chi connectivity index (χ1v) is 7.13. The number of amides is 1. The largest absolute Gasteiger partial charge is 0.338 e. The second kappa shape index (κ2) is 7.00. The van der Waals surface area contributed by atoms with Crippen molar-refractivity contribution in [2.45, 2.75) is 0 Å². The van der Waals surface area contributed by atoms with Gasteiger partial charge >= 0.3 is 0 Å². The number of benzene rings is 2. The zero-order valence-corrected chi connectivity index (χ0v) is 12.6. The van der Waals surface area contributed by atoms with E-state index in [0.717, 1.165) is 18.5 Å². The lowest BCUT2D eigenvalue weighted by molar-refractivity contribution is 0.102. The number of nitrogens with zero attached hydrogens (tertiary/aromatic N) is 2. The molecule has 8 heteroatoms. The number of hydrogen-bond acceptors (Lipinski definition) is 4. The molecule has 3 rings (SSSR count). The second-order valence-corrected chi connectivity index (χ2v) is 4.96. The number of aromatic nitrogens is 2. The van der Waals surface area contributed by atoms with Crippen LogP contribution in [0.1, 0.15) is 10.5 Å². The number of carbonyl (C=O) groups excluding carboxylic acids is 1. The van der Waals surface area contributed by atoms with Crippen molar-refractivity contribution in [3.8, 4) is 0 Å². The van der Waals surface area contributed by atoms with Gasteiger partial charge in [0.15, 0.2) is 17.5 Å². The quantitative estimate of drug-likeness (QED) is 0.705. The van der Waals surface area contributed by atoms with Gasteiger partial charge in [-0.3, -0.25) is 4.79 Å². The Labute approximate surface area is 140 Å². The SMILES string of the molecule is O=C(Nc1ccccc1)c1cc(Nc2ccc(F)c(F)c2F)ncn1. The molecule has 1 heterocycles. The summed E-state index contributed by atoms with van der Waals surface area (Å²) in [4.78, 5) is 19.8. The minimum atomic E-state index is -1.60. The van der Waals surface area contributed by atoms with E-state index in [1.807, 2.05) is 0 Å². The Morgan fingerprint density at radius 2 is 1.68 bits per heavy atom. The predicted octanol–water partition coefficient (Wildman–Crippen LogP) is 3.89. The van der Waals surface area contributed by atoms with Gasteiger partial charge in [-0.2, -0.15) is 0 Å². The molecular weight excluding hydrogens is 333 g/mol. The molecule has 0 unspecified atom stereocenters. The number of para-hydroxylation sites is 1. The third-order valence-electron chi connectivity index (χ3n) is 3.23. The summed E-state index contributed by atoms with van der Waals surface area (Å²) in [6.45, 7) is 0. The summed E-state index contributed by atoms with van der Waals surface area (Å²) in [5.74, 6) is -4.72. The van der Waals surface area contributed by atoms with Crippen molar-refractivity contribution < 1.29 is 18.0 Å². The average molecular weight is 344 g/mol. The standard InChI is InChI=1S/C17H11F3N4O/c18-11-6-7-12(16(20)15(11)19)24-14-8-13(21-9-22-14)17(25)23-10-4-2-1-3-5-10/h1-9H,(H,23,25)(H,21,22,24). The van der Waals surface area contributed by atoms with Crippen LogP contribution in [0.25, 0.3) is 0 Å². The maximum atomic E-state index is 13.7. The van der Waals surface area contributed by atoms with Crippen LogP contribution in [0, 0.1) is 17.5 Å². The summed E-state index contributed by atoms with van der Waals surface area (Å²) < 4.78 is 39.9. The highest BCUT2D eigenvalue weighted by molar-refractivity contribution is 6.03. The van der Waals surface area contributed by atoms with Crippen molar-refractivity contribution >= 4 is 23.1 Å². The smallest absolute Gasteiger partial charge is 0.274 e. The minimum absolute atomic E-state index is 0.0179. The van der Waals surface area contributed by atoms with Crippen molar-refractivity contribution in [1.29, 1.82) is 0 Å². The van der Waals surface area contributed by atoms with E-state index < -0.39 is 23.4 Å². The summed E-state index contributed by atoms with van der Waals surface area (Å²) in [5.41, 5.74) is 0.281. The molecule has 0 saturated carbocycles. The molecule has 25 heavy (non-hydrogen) atoms. The van der Waals surface area contributed by atoms with Gasteiger partial charge < -0.3 is 10.6 Å². The molecule has 5 nitrogen and oxygen atoms in total. The van der Waals surface area contributed by atoms with E-state index in [2.05, 4.69) is 20.6 Å². The molecule has 126 valence electrons. The first kappa shape index (κ1) is 16.4. The first-order chi connectivity index (χ1) is 12.0. The van der Waals surface area contributed by atoms with E-state index in [-0.39, 0.29) is 17.2 Å². The van der Waals surface area contributed by atoms with Gasteiger partial charge in [0.05, 0.1) is 5.69 Å². The highest BCUT2D eigenvalue weighted by atomic mass is 19.2. The van der Waals surface area contributed by atoms with Crippen molar-refractivity contribution in [3.05, 3.63) is 78.0 Å². The number of hydrogen-bond donors (Lipinski definition) is 2. The Bertz CT molecular complexity index is 919. The Hall–Kier alpha value is -3.42. The molecule has 0 aliphatic heterocycles. The van der Waals surface area contributed by atoms with Crippen LogP contribution in [0.5, 0.6) is 0 Å². The molecule has 0 bridgehead atoms. The minimum Gasteiger partial charge on any atom is -0.338 e. The molecule has 2 aromatic carbocycles. The van der Waals surface area contributed by atoms with Gasteiger partial charge in [0.25, 0.3) is 5.91 Å². The van der Waals surface area contributed by atoms with Crippen LogP contribution in [0.3, 0.4) is 0 Å². The van der Waals surface area contributed by atoms with E-state index in [9.17, 15) is 18.0 Å². The third-order valence-corrected chi connectivity index (χ3v) is 3.23. The van der Waals surface area contributed by atoms with Gasteiger partial charge in [-0.25, -0.2) is 23.1 Å². The first-order valence-electron chi connectivity index (χ1n) is 7.13. The van der Waals surface area contributed by atoms with E-state index in [0.29, 0.717) is 5.69 Å². The molecule has 0 spiro atoms. The number of carbonyl (C=O) groups is 1. The highest BCUT2D eigenvalue weighted by Crippen LogP contribution is 2.22. The molecule has 0 fully saturated rings. The van der Waals surface area contributed by atoms with E-state index >= 15 is 0 Å². The predicted molar refractivity (Wildman–Crippen MR) is 86.0 cm³/mol. The van der Waals surface area contributed by atoms with Crippen LogP contribution < -0.4 is 10.6 Å². The van der Waals surface area contributed by atoms with Crippen LogP contribution in [0.15, 0.2) is 54.9 Å². The average Bonchev–Trinajstić information content (AvgIpc) is 2.63. The molecular formula is C17H11F3N4O. The molecule has 0 radical (unpaired) electrons. The fourth-order valence-corrected chi connectivity index (χ4v) is 2.03. The number of anilines is 3. The molecule has 1 amide bonds. The van der Waals surface area contributed by atoms with Gasteiger partial charge in [0.2, 0.25) is 0 Å². The topological polar surface area (TPSA) is 66.9 Å². The lowest BCUT2D eigenvalue weighted by Crippen LogP contribution is -2.14. The fraction of sp³-hybridized carbons (Fsp3) is 0. The summed E-state index contributed by atoms with van der Waals surface area (Å²) in [7, 11) is 0. The molecule has 0 atom stereocenters. The summed E-state index contributed by atoms with van der Waals surface area (Å²) in [6, 6.07) is 11.8. The molecule has 0 aliphatic carbocycles. The van der Waals surface area contributed by atoms with Gasteiger partial charge in [0.1, 0.15) is 17.8 Å². The van der Waals surface area contributed by atoms with Gasteiger partial charge in [-0.05, 0) is 24.3 Å². The van der Waals surface area contributed by atoms with Crippen LogP contribution in [0.2, 0.25) is 0 Å². The zero-order chi connectivity index (χ0) is 17.8. The highest BCUT2D eigenvalue weighted by Gasteiger charge is 2.15. The number of nitrogens with one attached hydrogen (secondary N) is 2. The molecule has 1 aromatic heterocycles. The second-order valence-electron chi connectivity index (χ2n) is 4.96. The van der Waals surface area contributed by atoms with E-state index in [4.69, 9.17) is 0 Å². The van der Waals surface area contributed by atoms with E-state index in [1.165, 1.54) is 6.07 Å². The van der Waals surface area contributed by atoms with Crippen molar-refractivity contribution in [1.82, 2.24) is 9.97 Å². The normalized spacial score (nSPS) is 10.4. The number of rotatable bonds is 4. The maximum absolute atomic E-state index is 13.7. The Balaban J connectivity index is 1.80. The maximum Gasteiger partial charge on any atom is 0.274 e. The molecule has 0 aliphatic rings. The number of halogens is 3. The Morgan fingerprint density at radius 3 is 2.44 bits per heavy atom. The van der Waals surface area contributed by atoms with E-state index in [1.54, 1.807) is 30.3 Å². The summed E-state index contributed by atoms with van der Waals surface area (Å²) >= 11 is 0. The monoisotopic (exact) mass is 344 g/mol. The fourth-order valence-electron chi connectivity index (χ4n) is 2.03. The summed E-state index contributed by atoms with van der Waals surface area (Å²) in [6.07, 6.45) is 1.10. The molecule has 2 N–H and O–H groups in total. The lowest BCUT2D eigenvalue weighted by atomic mass is 10.2. The van der Waals surface area contributed by atoms with Crippen LogP contribution in [-0.2, 0) is 0 Å². The van der Waals surface area contributed by atoms with Crippen LogP contribution in [-0.4, -0.2) is 15.9 Å². The van der Waals surface area contributed by atoms with Crippen molar-refractivity contribution in [3.63, 3.8) is 0 Å². The summed E-state index contributed by atoms with van der Waals surface area (Å²) in [5, 5.41) is 5.12. The lowest BCUT2D eigenvalue weighted by Gasteiger charge is -2.09. The van der Waals surface area contributed by atoms with Gasteiger partial charge in [0, 0.05) is 11.8 Å².